The largest absolute Gasteiger partial charge is 0.248 e. The summed E-state index contributed by atoms with van der Waals surface area (Å²) in [6.45, 7) is 0. The maximum atomic E-state index is 6.00. The molecular weight excluding hydrogens is 345 g/mol. The van der Waals surface area contributed by atoms with Crippen molar-refractivity contribution in [3.8, 4) is 0 Å². The van der Waals surface area contributed by atoms with Gasteiger partial charge in [-0.15, -0.1) is 0 Å². The summed E-state index contributed by atoms with van der Waals surface area (Å²) in [4.78, 5) is 12.3. The quantitative estimate of drug-likeness (QED) is 0.616. The van der Waals surface area contributed by atoms with Gasteiger partial charge in [-0.2, -0.15) is 0 Å². The minimum Gasteiger partial charge on any atom is -0.248 e. The summed E-state index contributed by atoms with van der Waals surface area (Å²) < 4.78 is 0.988. The number of halogens is 2. The van der Waals surface area contributed by atoms with Crippen LogP contribution in [0, 0.1) is 3.57 Å². The van der Waals surface area contributed by atoms with Crippen molar-refractivity contribution >= 4 is 46.0 Å². The Bertz CT molecular complexity index is 437. The Morgan fingerprint density at radius 3 is 2.87 bits per heavy atom. The minimum atomic E-state index is 0.636. The summed E-state index contributed by atoms with van der Waals surface area (Å²) in [5.41, 5.74) is 0. The summed E-state index contributed by atoms with van der Waals surface area (Å²) in [5.74, 6) is 0. The molecule has 0 aromatic carbocycles. The van der Waals surface area contributed by atoms with Gasteiger partial charge in [0.1, 0.15) is 16.4 Å². The highest BCUT2D eigenvalue weighted by Crippen LogP contribution is 2.31. The van der Waals surface area contributed by atoms with Crippen molar-refractivity contribution < 1.29 is 0 Å². The molecule has 0 saturated heterocycles. The minimum absolute atomic E-state index is 0.636. The van der Waals surface area contributed by atoms with Gasteiger partial charge in [0.15, 0.2) is 0 Å². The highest BCUT2D eigenvalue weighted by Gasteiger charge is 2.07. The predicted octanol–water partition coefficient (Wildman–Crippen LogP) is 3.28. The van der Waals surface area contributed by atoms with E-state index in [-0.39, 0.29) is 0 Å². The molecule has 0 bridgehead atoms. The molecule has 0 aliphatic carbocycles. The number of pyridine rings is 1. The lowest BCUT2D eigenvalue weighted by Crippen LogP contribution is -1.88. The van der Waals surface area contributed by atoms with E-state index in [2.05, 4.69) is 37.5 Å². The van der Waals surface area contributed by atoms with Crippen LogP contribution in [0.2, 0.25) is 5.02 Å². The molecule has 2 aromatic rings. The third-order valence-corrected chi connectivity index (χ3v) is 4.16. The zero-order valence-corrected chi connectivity index (χ0v) is 11.1. The van der Waals surface area contributed by atoms with E-state index in [0.717, 1.165) is 13.6 Å². The van der Waals surface area contributed by atoms with Gasteiger partial charge in [-0.25, -0.2) is 15.0 Å². The average Bonchev–Trinajstić information content (AvgIpc) is 2.24. The number of hydrogen-bond donors (Lipinski definition) is 0. The van der Waals surface area contributed by atoms with E-state index in [9.17, 15) is 0 Å². The Hall–Kier alpha value is -0.400. The van der Waals surface area contributed by atoms with Crippen molar-refractivity contribution in [2.75, 3.05) is 0 Å². The molecule has 6 heteroatoms. The van der Waals surface area contributed by atoms with Crippen LogP contribution >= 0.6 is 46.0 Å². The Kier molecular flexibility index (Phi) is 3.76. The third-order valence-electron chi connectivity index (χ3n) is 1.55. The zero-order chi connectivity index (χ0) is 10.7. The van der Waals surface area contributed by atoms with Crippen molar-refractivity contribution in [1.82, 2.24) is 15.0 Å². The second-order valence-electron chi connectivity index (χ2n) is 2.57. The normalized spacial score (nSPS) is 10.3. The Morgan fingerprint density at radius 2 is 2.13 bits per heavy atom. The number of rotatable bonds is 2. The van der Waals surface area contributed by atoms with E-state index in [1.165, 1.54) is 18.1 Å². The van der Waals surface area contributed by atoms with Crippen LogP contribution < -0.4 is 0 Å². The van der Waals surface area contributed by atoms with Crippen molar-refractivity contribution in [2.24, 2.45) is 0 Å². The number of aromatic nitrogens is 3. The van der Waals surface area contributed by atoms with E-state index in [1.54, 1.807) is 18.5 Å². The first kappa shape index (κ1) is 11.1. The van der Waals surface area contributed by atoms with Gasteiger partial charge >= 0.3 is 0 Å². The zero-order valence-electron chi connectivity index (χ0n) is 7.39. The molecule has 0 saturated carbocycles. The fourth-order valence-corrected chi connectivity index (χ4v) is 2.49. The third kappa shape index (κ3) is 2.79. The lowest BCUT2D eigenvalue weighted by molar-refractivity contribution is 1.01. The molecular formula is C9H5ClIN3S. The van der Waals surface area contributed by atoms with Crippen LogP contribution in [0.15, 0.2) is 40.9 Å². The first-order valence-electron chi connectivity index (χ1n) is 4.01. The highest BCUT2D eigenvalue weighted by molar-refractivity contribution is 14.1. The first-order valence-corrected chi connectivity index (χ1v) is 6.28. The number of nitrogens with zero attached hydrogens (tertiary/aromatic N) is 3. The molecule has 0 atom stereocenters. The van der Waals surface area contributed by atoms with Gasteiger partial charge in [0.25, 0.3) is 0 Å². The van der Waals surface area contributed by atoms with Crippen LogP contribution in [0.1, 0.15) is 0 Å². The molecule has 0 amide bonds. The number of hydrogen-bond acceptors (Lipinski definition) is 4. The standard InChI is InChI=1S/C9H5ClIN3S/c10-6-2-1-3-13-8(6)15-9-7(11)4-12-5-14-9/h1-5H. The van der Waals surface area contributed by atoms with E-state index in [4.69, 9.17) is 11.6 Å². The van der Waals surface area contributed by atoms with Crippen molar-refractivity contribution in [2.45, 2.75) is 10.1 Å². The molecule has 0 radical (unpaired) electrons. The van der Waals surface area contributed by atoms with Crippen LogP contribution in [0.25, 0.3) is 0 Å². The Balaban J connectivity index is 2.30. The monoisotopic (exact) mass is 349 g/mol. The molecule has 2 rings (SSSR count). The van der Waals surface area contributed by atoms with Crippen LogP contribution in [0.4, 0.5) is 0 Å². The molecule has 3 nitrogen and oxygen atoms in total. The van der Waals surface area contributed by atoms with E-state index < -0.39 is 0 Å². The smallest absolute Gasteiger partial charge is 0.121 e. The van der Waals surface area contributed by atoms with Gasteiger partial charge in [0.05, 0.1) is 8.59 Å². The molecule has 76 valence electrons. The van der Waals surface area contributed by atoms with Gasteiger partial charge in [-0.3, -0.25) is 0 Å². The van der Waals surface area contributed by atoms with Crippen LogP contribution in [-0.2, 0) is 0 Å². The van der Waals surface area contributed by atoms with E-state index >= 15 is 0 Å². The topological polar surface area (TPSA) is 38.7 Å². The second-order valence-corrected chi connectivity index (χ2v) is 5.12. The summed E-state index contributed by atoms with van der Waals surface area (Å²) in [5, 5.41) is 2.26. The maximum Gasteiger partial charge on any atom is 0.121 e. The SMILES string of the molecule is Clc1cccnc1Sc1ncncc1I. The predicted molar refractivity (Wildman–Crippen MR) is 68.1 cm³/mol. The van der Waals surface area contributed by atoms with Gasteiger partial charge in [0.2, 0.25) is 0 Å². The fraction of sp³-hybridized carbons (Fsp3) is 0. The van der Waals surface area contributed by atoms with E-state index in [0.29, 0.717) is 5.02 Å². The average molecular weight is 350 g/mol. The van der Waals surface area contributed by atoms with E-state index in [1.807, 2.05) is 6.07 Å². The van der Waals surface area contributed by atoms with Crippen molar-refractivity contribution in [1.29, 1.82) is 0 Å². The molecule has 0 spiro atoms. The van der Waals surface area contributed by atoms with Crippen LogP contribution in [0.3, 0.4) is 0 Å². The van der Waals surface area contributed by atoms with Gasteiger partial charge in [-0.05, 0) is 46.5 Å². The molecule has 0 N–H and O–H groups in total. The van der Waals surface area contributed by atoms with Gasteiger partial charge in [0, 0.05) is 12.4 Å². The molecule has 0 fully saturated rings. The molecule has 2 heterocycles. The Labute approximate surface area is 110 Å². The maximum absolute atomic E-state index is 6.00. The van der Waals surface area contributed by atoms with Crippen LogP contribution in [0.5, 0.6) is 0 Å². The van der Waals surface area contributed by atoms with Crippen molar-refractivity contribution in [3.63, 3.8) is 0 Å². The summed E-state index contributed by atoms with van der Waals surface area (Å²) in [6, 6.07) is 3.61. The Morgan fingerprint density at radius 1 is 1.27 bits per heavy atom. The molecule has 2 aromatic heterocycles. The van der Waals surface area contributed by atoms with Gasteiger partial charge in [-0.1, -0.05) is 11.6 Å². The second kappa shape index (κ2) is 5.09. The summed E-state index contributed by atoms with van der Waals surface area (Å²) in [6.07, 6.45) is 4.98. The molecule has 0 aliphatic rings. The molecule has 15 heavy (non-hydrogen) atoms. The highest BCUT2D eigenvalue weighted by atomic mass is 127. The van der Waals surface area contributed by atoms with Crippen molar-refractivity contribution in [3.05, 3.63) is 39.4 Å². The fourth-order valence-electron chi connectivity index (χ4n) is 0.914. The lowest BCUT2D eigenvalue weighted by atomic mass is 10.5. The first-order chi connectivity index (χ1) is 7.27. The summed E-state index contributed by atoms with van der Waals surface area (Å²) >= 11 is 9.62. The summed E-state index contributed by atoms with van der Waals surface area (Å²) in [7, 11) is 0. The van der Waals surface area contributed by atoms with Gasteiger partial charge < -0.3 is 0 Å². The molecule has 0 unspecified atom stereocenters. The van der Waals surface area contributed by atoms with Crippen LogP contribution in [-0.4, -0.2) is 15.0 Å². The molecule has 0 aliphatic heterocycles. The lowest BCUT2D eigenvalue weighted by Gasteiger charge is -2.02.